The molecule has 2 nitrogen and oxygen atoms in total. The van der Waals surface area contributed by atoms with E-state index in [0.29, 0.717) is 0 Å². The van der Waals surface area contributed by atoms with Gasteiger partial charge >= 0.3 is 5.97 Å². The third kappa shape index (κ3) is 2.37. The van der Waals surface area contributed by atoms with Gasteiger partial charge in [-0.25, -0.2) is 9.18 Å². The molecule has 1 atom stereocenters. The zero-order chi connectivity index (χ0) is 5.15. The molecule has 0 bridgehead atoms. The third-order valence-electron chi connectivity index (χ3n) is 0.187. The first-order valence-electron chi connectivity index (χ1n) is 1.15. The van der Waals surface area contributed by atoms with Gasteiger partial charge < -0.3 is 5.11 Å². The molecular formula is C2H2FIO2. The number of rotatable bonds is 1. The summed E-state index contributed by atoms with van der Waals surface area (Å²) in [7, 11) is 0. The van der Waals surface area contributed by atoms with E-state index in [1.54, 1.807) is 0 Å². The van der Waals surface area contributed by atoms with Crippen LogP contribution in [0.1, 0.15) is 0 Å². The summed E-state index contributed by atoms with van der Waals surface area (Å²) in [6.07, 6.45) is 0. The highest BCUT2D eigenvalue weighted by Gasteiger charge is 2.07. The minimum atomic E-state index is -1.76. The van der Waals surface area contributed by atoms with Crippen molar-refractivity contribution in [3.63, 3.8) is 0 Å². The minimum Gasteiger partial charge on any atom is -0.478 e. The predicted molar refractivity (Wildman–Crippen MR) is 26.6 cm³/mol. The highest BCUT2D eigenvalue weighted by atomic mass is 127. The van der Waals surface area contributed by atoms with E-state index in [-0.39, 0.29) is 0 Å². The van der Waals surface area contributed by atoms with Crippen molar-refractivity contribution in [3.8, 4) is 0 Å². The first-order valence-corrected chi connectivity index (χ1v) is 2.40. The smallest absolute Gasteiger partial charge is 0.348 e. The molecule has 0 saturated carbocycles. The number of carboxylic acids is 1. The molecule has 0 aliphatic carbocycles. The van der Waals surface area contributed by atoms with E-state index < -0.39 is 10.1 Å². The molecule has 0 amide bonds. The average Bonchev–Trinajstić information content (AvgIpc) is 1.36. The topological polar surface area (TPSA) is 37.3 Å². The van der Waals surface area contributed by atoms with Crippen molar-refractivity contribution in [2.75, 3.05) is 0 Å². The molecule has 6 heavy (non-hydrogen) atoms. The maximum absolute atomic E-state index is 11.2. The average molecular weight is 204 g/mol. The number of carbonyl (C=O) groups is 1. The summed E-state index contributed by atoms with van der Waals surface area (Å²) in [6, 6.07) is 0. The Labute approximate surface area is 47.5 Å². The van der Waals surface area contributed by atoms with Crippen LogP contribution in [-0.2, 0) is 4.79 Å². The maximum atomic E-state index is 11.2. The Bertz CT molecular complexity index is 62.6. The number of carboxylic acid groups (broad SMARTS) is 1. The number of halogens is 2. The van der Waals surface area contributed by atoms with Crippen molar-refractivity contribution in [2.45, 2.75) is 4.18 Å². The Hall–Kier alpha value is 0.130. The van der Waals surface area contributed by atoms with Gasteiger partial charge in [-0.2, -0.15) is 0 Å². The molecule has 0 heterocycles. The first kappa shape index (κ1) is 6.13. The normalized spacial score (nSPS) is 13.7. The minimum absolute atomic E-state index is 1.17. The van der Waals surface area contributed by atoms with Crippen LogP contribution in [0, 0.1) is 0 Å². The lowest BCUT2D eigenvalue weighted by Crippen LogP contribution is -2.04. The maximum Gasteiger partial charge on any atom is 0.348 e. The van der Waals surface area contributed by atoms with Crippen molar-refractivity contribution in [1.82, 2.24) is 0 Å². The summed E-state index contributed by atoms with van der Waals surface area (Å²) in [5.41, 5.74) is 0. The molecular weight excluding hydrogens is 202 g/mol. The molecule has 0 spiro atoms. The summed E-state index contributed by atoms with van der Waals surface area (Å²) in [5.74, 6) is -1.42. The molecule has 0 rings (SSSR count). The van der Waals surface area contributed by atoms with E-state index in [4.69, 9.17) is 5.11 Å². The van der Waals surface area contributed by atoms with Crippen LogP contribution < -0.4 is 0 Å². The van der Waals surface area contributed by atoms with Crippen LogP contribution in [0.3, 0.4) is 0 Å². The Kier molecular flexibility index (Phi) is 2.38. The first-order chi connectivity index (χ1) is 2.64. The molecule has 0 saturated heterocycles. The highest BCUT2D eigenvalue weighted by Crippen LogP contribution is 1.98. The lowest BCUT2D eigenvalue weighted by atomic mass is 10.8. The van der Waals surface area contributed by atoms with Crippen molar-refractivity contribution >= 4 is 28.6 Å². The van der Waals surface area contributed by atoms with Crippen LogP contribution in [0.25, 0.3) is 0 Å². The van der Waals surface area contributed by atoms with Gasteiger partial charge in [-0.05, 0) is 22.6 Å². The molecule has 0 fully saturated rings. The van der Waals surface area contributed by atoms with Gasteiger partial charge in [0.15, 0.2) is 0 Å². The molecule has 0 aromatic heterocycles. The van der Waals surface area contributed by atoms with E-state index in [0.717, 1.165) is 0 Å². The van der Waals surface area contributed by atoms with E-state index in [2.05, 4.69) is 0 Å². The molecule has 0 aromatic carbocycles. The van der Waals surface area contributed by atoms with Gasteiger partial charge in [-0.3, -0.25) is 0 Å². The van der Waals surface area contributed by atoms with Crippen molar-refractivity contribution in [2.24, 2.45) is 0 Å². The van der Waals surface area contributed by atoms with Gasteiger partial charge in [-0.1, -0.05) is 0 Å². The number of alkyl halides is 2. The largest absolute Gasteiger partial charge is 0.478 e. The zero-order valence-electron chi connectivity index (χ0n) is 2.69. The third-order valence-corrected chi connectivity index (χ3v) is 0.719. The van der Waals surface area contributed by atoms with Gasteiger partial charge in [0.1, 0.15) is 0 Å². The molecule has 0 aliphatic rings. The van der Waals surface area contributed by atoms with Crippen molar-refractivity contribution in [1.29, 1.82) is 0 Å². The van der Waals surface area contributed by atoms with Crippen LogP contribution in [0.5, 0.6) is 0 Å². The fraction of sp³-hybridized carbons (Fsp3) is 0.500. The van der Waals surface area contributed by atoms with Crippen LogP contribution in [0.15, 0.2) is 0 Å². The lowest BCUT2D eigenvalue weighted by molar-refractivity contribution is -0.138. The van der Waals surface area contributed by atoms with E-state index in [1.807, 2.05) is 0 Å². The van der Waals surface area contributed by atoms with Crippen LogP contribution >= 0.6 is 22.6 Å². The van der Waals surface area contributed by atoms with Gasteiger partial charge in [0.25, 0.3) is 0 Å². The Morgan fingerprint density at radius 2 is 2.17 bits per heavy atom. The van der Waals surface area contributed by atoms with Gasteiger partial charge in [-0.15, -0.1) is 0 Å². The molecule has 0 radical (unpaired) electrons. The van der Waals surface area contributed by atoms with Crippen LogP contribution in [-0.4, -0.2) is 15.3 Å². The second-order valence-electron chi connectivity index (χ2n) is 0.639. The molecule has 36 valence electrons. The summed E-state index contributed by atoms with van der Waals surface area (Å²) < 4.78 is 9.45. The van der Waals surface area contributed by atoms with Crippen LogP contribution in [0.2, 0.25) is 0 Å². The van der Waals surface area contributed by atoms with Crippen molar-refractivity contribution < 1.29 is 14.3 Å². The second kappa shape index (κ2) is 2.33. The standard InChI is InChI=1S/C2H2FIO2/c3-1(4)2(5)6/h1H,(H,5,6). The molecule has 4 heteroatoms. The van der Waals surface area contributed by atoms with E-state index in [9.17, 15) is 9.18 Å². The highest BCUT2D eigenvalue weighted by molar-refractivity contribution is 14.1. The molecule has 1 N–H and O–H groups in total. The number of hydrogen-bond acceptors (Lipinski definition) is 1. The van der Waals surface area contributed by atoms with E-state index in [1.165, 1.54) is 22.6 Å². The summed E-state index contributed by atoms with van der Waals surface area (Å²) >= 11 is 1.17. The van der Waals surface area contributed by atoms with Crippen molar-refractivity contribution in [3.05, 3.63) is 0 Å². The fourth-order valence-corrected chi connectivity index (χ4v) is 0. The Morgan fingerprint density at radius 1 is 2.00 bits per heavy atom. The number of aliphatic carboxylic acids is 1. The summed E-state index contributed by atoms with van der Waals surface area (Å²) in [4.78, 5) is 9.32. The molecule has 0 aliphatic heterocycles. The fourth-order valence-electron chi connectivity index (χ4n) is 0. The molecule has 0 aromatic rings. The number of hydrogen-bond donors (Lipinski definition) is 1. The van der Waals surface area contributed by atoms with Gasteiger partial charge in [0.05, 0.1) is 0 Å². The lowest BCUT2D eigenvalue weighted by Gasteiger charge is -1.83. The summed E-state index contributed by atoms with van der Waals surface area (Å²) in [6.45, 7) is 0. The second-order valence-corrected chi connectivity index (χ2v) is 1.73. The molecule has 1 unspecified atom stereocenters. The predicted octanol–water partition coefficient (Wildman–Crippen LogP) is 0.802. The van der Waals surface area contributed by atoms with Crippen LogP contribution in [0.4, 0.5) is 4.39 Å². The van der Waals surface area contributed by atoms with Gasteiger partial charge in [0, 0.05) is 0 Å². The summed E-state index contributed by atoms with van der Waals surface area (Å²) in [5, 5.41) is 7.61. The zero-order valence-corrected chi connectivity index (χ0v) is 4.85. The Balaban J connectivity index is 3.26. The SMILES string of the molecule is O=C(O)C(F)I. The quantitative estimate of drug-likeness (QED) is 0.506. The van der Waals surface area contributed by atoms with Gasteiger partial charge in [0.2, 0.25) is 4.18 Å². The Morgan fingerprint density at radius 3 is 2.17 bits per heavy atom. The monoisotopic (exact) mass is 204 g/mol. The van der Waals surface area contributed by atoms with E-state index >= 15 is 0 Å².